The number of carbonyl (C=O) groups excluding carboxylic acids is 1. The molecule has 2 saturated carbocycles. The standard InChI is InChI=1S/C28H43N3O2/c1-20(2)28(12-8-25(17-28)30-24-10-14-33-15-11-24)27(32)31-13-9-26-23(19-31)16-22(18-29-26)21-6-4-3-5-7-21/h16,18,20-21,24-25,30H,3-15,17,19H2,1-2H3/t25-,28+/m1/s1. The van der Waals surface area contributed by atoms with Crippen molar-refractivity contribution in [2.24, 2.45) is 11.3 Å². The van der Waals surface area contributed by atoms with E-state index >= 15 is 0 Å². The number of amides is 1. The van der Waals surface area contributed by atoms with Gasteiger partial charge in [0.2, 0.25) is 5.91 Å². The molecule has 5 heteroatoms. The molecule has 1 aromatic rings. The van der Waals surface area contributed by atoms with Gasteiger partial charge in [0, 0.05) is 56.7 Å². The number of hydrogen-bond donors (Lipinski definition) is 1. The molecule has 0 aromatic carbocycles. The molecule has 0 bridgehead atoms. The summed E-state index contributed by atoms with van der Waals surface area (Å²) < 4.78 is 5.53. The Morgan fingerprint density at radius 3 is 2.67 bits per heavy atom. The van der Waals surface area contributed by atoms with Crippen molar-refractivity contribution in [3.63, 3.8) is 0 Å². The Morgan fingerprint density at radius 1 is 1.12 bits per heavy atom. The van der Waals surface area contributed by atoms with E-state index in [2.05, 4.69) is 36.3 Å². The number of rotatable bonds is 5. The van der Waals surface area contributed by atoms with Crippen molar-refractivity contribution in [2.45, 2.75) is 109 Å². The molecule has 2 aliphatic carbocycles. The molecule has 0 radical (unpaired) electrons. The van der Waals surface area contributed by atoms with Crippen LogP contribution in [0.15, 0.2) is 12.3 Å². The smallest absolute Gasteiger partial charge is 0.229 e. The van der Waals surface area contributed by atoms with E-state index in [1.807, 2.05) is 0 Å². The highest BCUT2D eigenvalue weighted by atomic mass is 16.5. The Hall–Kier alpha value is -1.46. The number of pyridine rings is 1. The zero-order chi connectivity index (χ0) is 22.8. The molecule has 182 valence electrons. The lowest BCUT2D eigenvalue weighted by molar-refractivity contribution is -0.146. The summed E-state index contributed by atoms with van der Waals surface area (Å²) in [5.41, 5.74) is 3.69. The molecule has 1 amide bonds. The summed E-state index contributed by atoms with van der Waals surface area (Å²) >= 11 is 0. The van der Waals surface area contributed by atoms with Crippen LogP contribution in [0.4, 0.5) is 0 Å². The largest absolute Gasteiger partial charge is 0.381 e. The summed E-state index contributed by atoms with van der Waals surface area (Å²) in [7, 11) is 0. The van der Waals surface area contributed by atoms with Gasteiger partial charge < -0.3 is 15.0 Å². The predicted octanol–water partition coefficient (Wildman–Crippen LogP) is 4.98. The van der Waals surface area contributed by atoms with Gasteiger partial charge in [0.05, 0.1) is 5.41 Å². The zero-order valence-corrected chi connectivity index (χ0v) is 20.8. The van der Waals surface area contributed by atoms with Crippen LogP contribution in [0.5, 0.6) is 0 Å². The summed E-state index contributed by atoms with van der Waals surface area (Å²) in [6.07, 6.45) is 14.9. The number of hydrogen-bond acceptors (Lipinski definition) is 4. The Labute approximate surface area is 200 Å². The zero-order valence-electron chi connectivity index (χ0n) is 20.8. The summed E-state index contributed by atoms with van der Waals surface area (Å²) in [5, 5.41) is 3.88. The highest BCUT2D eigenvalue weighted by Gasteiger charge is 2.49. The molecule has 4 aliphatic rings. The molecule has 0 spiro atoms. The van der Waals surface area contributed by atoms with E-state index in [0.717, 1.165) is 64.8 Å². The van der Waals surface area contributed by atoms with Crippen LogP contribution in [0.25, 0.3) is 0 Å². The van der Waals surface area contributed by atoms with Gasteiger partial charge in [0.1, 0.15) is 0 Å². The summed E-state index contributed by atoms with van der Waals surface area (Å²) in [5.74, 6) is 1.42. The number of nitrogens with one attached hydrogen (secondary N) is 1. The van der Waals surface area contributed by atoms with E-state index in [-0.39, 0.29) is 5.41 Å². The van der Waals surface area contributed by atoms with Gasteiger partial charge in [0.25, 0.3) is 0 Å². The highest BCUT2D eigenvalue weighted by molar-refractivity contribution is 5.83. The van der Waals surface area contributed by atoms with Gasteiger partial charge in [0.15, 0.2) is 0 Å². The van der Waals surface area contributed by atoms with Gasteiger partial charge in [-0.1, -0.05) is 39.2 Å². The maximum absolute atomic E-state index is 14.1. The van der Waals surface area contributed by atoms with Crippen LogP contribution in [-0.4, -0.2) is 47.6 Å². The molecule has 1 N–H and O–H groups in total. The Kier molecular flexibility index (Phi) is 7.08. The molecule has 3 fully saturated rings. The topological polar surface area (TPSA) is 54.5 Å². The average Bonchev–Trinajstić information content (AvgIpc) is 3.29. The quantitative estimate of drug-likeness (QED) is 0.683. The third kappa shape index (κ3) is 4.86. The van der Waals surface area contributed by atoms with Crippen LogP contribution in [0.3, 0.4) is 0 Å². The lowest BCUT2D eigenvalue weighted by atomic mass is 9.74. The summed E-state index contributed by atoms with van der Waals surface area (Å²) in [6.45, 7) is 7.80. The molecule has 2 atom stereocenters. The second-order valence-corrected chi connectivity index (χ2v) is 11.5. The third-order valence-electron chi connectivity index (χ3n) is 9.20. The lowest BCUT2D eigenvalue weighted by Gasteiger charge is -2.40. The van der Waals surface area contributed by atoms with Crippen molar-refractivity contribution in [2.75, 3.05) is 19.8 Å². The number of fused-ring (bicyclic) bond motifs is 1. The molecule has 3 heterocycles. The molecule has 33 heavy (non-hydrogen) atoms. The fourth-order valence-corrected chi connectivity index (χ4v) is 6.97. The summed E-state index contributed by atoms with van der Waals surface area (Å²) in [4.78, 5) is 21.1. The van der Waals surface area contributed by atoms with Crippen LogP contribution in [0.2, 0.25) is 0 Å². The minimum absolute atomic E-state index is 0.227. The van der Waals surface area contributed by atoms with E-state index in [1.165, 1.54) is 48.9 Å². The van der Waals surface area contributed by atoms with Crippen LogP contribution in [0, 0.1) is 11.3 Å². The molecule has 5 nitrogen and oxygen atoms in total. The first-order valence-corrected chi connectivity index (χ1v) is 13.7. The maximum Gasteiger partial charge on any atom is 0.229 e. The second-order valence-electron chi connectivity index (χ2n) is 11.5. The van der Waals surface area contributed by atoms with Gasteiger partial charge >= 0.3 is 0 Å². The van der Waals surface area contributed by atoms with Crippen LogP contribution < -0.4 is 5.32 Å². The van der Waals surface area contributed by atoms with Crippen LogP contribution in [0.1, 0.15) is 101 Å². The Morgan fingerprint density at radius 2 is 1.91 bits per heavy atom. The van der Waals surface area contributed by atoms with Crippen molar-refractivity contribution in [1.82, 2.24) is 15.2 Å². The second kappa shape index (κ2) is 10.0. The van der Waals surface area contributed by atoms with Gasteiger partial charge in [-0.2, -0.15) is 0 Å². The van der Waals surface area contributed by atoms with Crippen molar-refractivity contribution < 1.29 is 9.53 Å². The number of nitrogens with zero attached hydrogens (tertiary/aromatic N) is 2. The fraction of sp³-hybridized carbons (Fsp3) is 0.786. The monoisotopic (exact) mass is 453 g/mol. The highest BCUT2D eigenvalue weighted by Crippen LogP contribution is 2.47. The molecule has 0 unspecified atom stereocenters. The normalized spacial score (nSPS) is 29.4. The number of carbonyl (C=O) groups is 1. The predicted molar refractivity (Wildman–Crippen MR) is 131 cm³/mol. The van der Waals surface area contributed by atoms with E-state index in [0.29, 0.717) is 29.8 Å². The van der Waals surface area contributed by atoms with Crippen LogP contribution >= 0.6 is 0 Å². The Bertz CT molecular complexity index is 828. The number of aromatic nitrogens is 1. The van der Waals surface area contributed by atoms with Gasteiger partial charge in [-0.15, -0.1) is 0 Å². The molecular formula is C28H43N3O2. The first kappa shape index (κ1) is 23.3. The van der Waals surface area contributed by atoms with E-state index < -0.39 is 0 Å². The first-order valence-electron chi connectivity index (χ1n) is 13.7. The Balaban J connectivity index is 1.28. The van der Waals surface area contributed by atoms with Gasteiger partial charge in [-0.3, -0.25) is 9.78 Å². The van der Waals surface area contributed by atoms with Crippen molar-refractivity contribution in [3.8, 4) is 0 Å². The third-order valence-corrected chi connectivity index (χ3v) is 9.20. The lowest BCUT2D eigenvalue weighted by Crippen LogP contribution is -2.49. The SMILES string of the molecule is CC(C)[C@]1(C(=O)N2CCc3ncc(C4CCCCC4)cc3C2)CC[C@@H](NC2CCOCC2)C1. The van der Waals surface area contributed by atoms with Crippen molar-refractivity contribution in [1.29, 1.82) is 0 Å². The molecule has 2 aliphatic heterocycles. The average molecular weight is 454 g/mol. The maximum atomic E-state index is 14.1. The molecule has 1 aromatic heterocycles. The molecule has 5 rings (SSSR count). The van der Waals surface area contributed by atoms with Crippen LogP contribution in [-0.2, 0) is 22.5 Å². The van der Waals surface area contributed by atoms with E-state index in [4.69, 9.17) is 9.72 Å². The van der Waals surface area contributed by atoms with Gasteiger partial charge in [-0.25, -0.2) is 0 Å². The first-order chi connectivity index (χ1) is 16.0. The minimum Gasteiger partial charge on any atom is -0.381 e. The van der Waals surface area contributed by atoms with E-state index in [9.17, 15) is 4.79 Å². The fourth-order valence-electron chi connectivity index (χ4n) is 6.97. The minimum atomic E-state index is -0.227. The van der Waals surface area contributed by atoms with Gasteiger partial charge in [-0.05, 0) is 67.9 Å². The van der Waals surface area contributed by atoms with E-state index in [1.54, 1.807) is 0 Å². The molecular weight excluding hydrogens is 410 g/mol. The number of ether oxygens (including phenoxy) is 1. The molecule has 1 saturated heterocycles. The summed E-state index contributed by atoms with van der Waals surface area (Å²) in [6, 6.07) is 3.40. The van der Waals surface area contributed by atoms with Crippen molar-refractivity contribution in [3.05, 3.63) is 29.1 Å². The van der Waals surface area contributed by atoms with Crippen molar-refractivity contribution >= 4 is 5.91 Å².